The molecule has 2 aromatic carbocycles. The van der Waals surface area contributed by atoms with E-state index in [1.54, 1.807) is 0 Å². The predicted octanol–water partition coefficient (Wildman–Crippen LogP) is 0.720. The lowest BCUT2D eigenvalue weighted by Crippen LogP contribution is -2.26. The number of hydrogen-bond acceptors (Lipinski definition) is 5. The van der Waals surface area contributed by atoms with E-state index in [0.29, 0.717) is 25.1 Å². The molecule has 1 aromatic heterocycles. The van der Waals surface area contributed by atoms with Crippen molar-refractivity contribution in [2.75, 3.05) is 6.54 Å². The van der Waals surface area contributed by atoms with Crippen LogP contribution in [0.4, 0.5) is 0 Å². The van der Waals surface area contributed by atoms with E-state index in [-0.39, 0.29) is 41.0 Å². The molecule has 2 atom stereocenters. The zero-order chi connectivity index (χ0) is 25.4. The van der Waals surface area contributed by atoms with Gasteiger partial charge < -0.3 is 31.9 Å². The van der Waals surface area contributed by atoms with Gasteiger partial charge >= 0.3 is 11.9 Å². The lowest BCUT2D eigenvalue weighted by molar-refractivity contribution is -0.134. The summed E-state index contributed by atoms with van der Waals surface area (Å²) in [5.41, 5.74) is 10.2. The number of nitrogens with one attached hydrogen (secondary N) is 2. The third-order valence-electron chi connectivity index (χ3n) is 5.79. The van der Waals surface area contributed by atoms with E-state index < -0.39 is 11.9 Å². The number of aliphatic carboxylic acids is 2. The third kappa shape index (κ3) is 8.39. The molecule has 0 aliphatic carbocycles. The molecule has 2 amide bonds. The molecule has 11 heteroatoms. The number of H-pyrrole nitrogens is 1. The van der Waals surface area contributed by atoms with Gasteiger partial charge in [-0.3, -0.25) is 14.9 Å². The van der Waals surface area contributed by atoms with E-state index in [1.807, 2.05) is 24.4 Å². The Morgan fingerprint density at radius 1 is 1.03 bits per heavy atom. The van der Waals surface area contributed by atoms with Crippen LogP contribution in [-0.4, -0.2) is 56.4 Å². The van der Waals surface area contributed by atoms with Crippen molar-refractivity contribution >= 4 is 34.7 Å². The van der Waals surface area contributed by atoms with Crippen LogP contribution in [0.3, 0.4) is 0 Å². The van der Waals surface area contributed by atoms with Gasteiger partial charge in [-0.15, -0.1) is 0 Å². The lowest BCUT2D eigenvalue weighted by atomic mass is 9.80. The molecule has 0 saturated carbocycles. The van der Waals surface area contributed by atoms with Gasteiger partial charge in [-0.2, -0.15) is 0 Å². The van der Waals surface area contributed by atoms with Crippen molar-refractivity contribution in [3.05, 3.63) is 83.6 Å². The molecule has 0 bridgehead atoms. The van der Waals surface area contributed by atoms with Crippen LogP contribution in [0.2, 0.25) is 0 Å². The number of nitrogens with two attached hydrogens (primary N) is 1. The summed E-state index contributed by atoms with van der Waals surface area (Å²) in [4.78, 5) is 46.6. The number of carboxylic acid groups (broad SMARTS) is 2. The van der Waals surface area contributed by atoms with Gasteiger partial charge in [0.15, 0.2) is 0 Å². The maximum absolute atomic E-state index is 12.4. The van der Waals surface area contributed by atoms with Crippen molar-refractivity contribution in [3.63, 3.8) is 0 Å². The highest BCUT2D eigenvalue weighted by Crippen LogP contribution is 2.35. The predicted molar refractivity (Wildman–Crippen MR) is 137 cm³/mol. The molecule has 10 N–H and O–H groups in total. The number of imide groups is 1. The standard InChI is InChI=1S/C22H23N3O2.C4H4O4.2H2O/c23-9-8-16-13-24-20-7-6-15(11-18(16)20)17(10-14-4-2-1-3-5-14)19-12-21(26)25-22(19)27;5-3(6)1-2-4(7)8;;/h1-7,11,13,17,19,24H,8-10,12,23H2,(H,25,26,27);1-2H,(H,5,6)(H,7,8);2*1H2. The van der Waals surface area contributed by atoms with E-state index >= 15 is 0 Å². The summed E-state index contributed by atoms with van der Waals surface area (Å²) < 4.78 is 0. The molecule has 1 fully saturated rings. The number of amides is 2. The number of aromatic nitrogens is 1. The Bertz CT molecular complexity index is 1240. The summed E-state index contributed by atoms with van der Waals surface area (Å²) in [6, 6.07) is 16.4. The lowest BCUT2D eigenvalue weighted by Gasteiger charge is -2.22. The van der Waals surface area contributed by atoms with Crippen LogP contribution in [0.5, 0.6) is 0 Å². The minimum absolute atomic E-state index is 0. The fourth-order valence-electron chi connectivity index (χ4n) is 4.19. The number of hydrogen-bond donors (Lipinski definition) is 5. The van der Waals surface area contributed by atoms with Crippen LogP contribution in [-0.2, 0) is 32.0 Å². The maximum Gasteiger partial charge on any atom is 0.328 e. The molecule has 0 radical (unpaired) electrons. The molecule has 37 heavy (non-hydrogen) atoms. The molecular weight excluding hydrogens is 482 g/mol. The fraction of sp³-hybridized carbons (Fsp3) is 0.231. The van der Waals surface area contributed by atoms with Gasteiger partial charge in [-0.05, 0) is 48.2 Å². The quantitative estimate of drug-likeness (QED) is 0.214. The van der Waals surface area contributed by atoms with E-state index in [9.17, 15) is 19.2 Å². The Morgan fingerprint density at radius 3 is 2.22 bits per heavy atom. The third-order valence-corrected chi connectivity index (χ3v) is 5.79. The van der Waals surface area contributed by atoms with Crippen LogP contribution in [0.25, 0.3) is 10.9 Å². The minimum Gasteiger partial charge on any atom is -0.478 e. The smallest absolute Gasteiger partial charge is 0.328 e. The first-order chi connectivity index (χ1) is 16.8. The molecule has 198 valence electrons. The van der Waals surface area contributed by atoms with Gasteiger partial charge in [-0.25, -0.2) is 9.59 Å². The second-order valence-corrected chi connectivity index (χ2v) is 8.19. The highest BCUT2D eigenvalue weighted by molar-refractivity contribution is 6.04. The van der Waals surface area contributed by atoms with Crippen LogP contribution in [0.1, 0.15) is 29.0 Å². The zero-order valence-corrected chi connectivity index (χ0v) is 19.9. The summed E-state index contributed by atoms with van der Waals surface area (Å²) in [5.74, 6) is -3.26. The zero-order valence-electron chi connectivity index (χ0n) is 19.9. The number of carbonyl (C=O) groups excluding carboxylic acids is 2. The van der Waals surface area contributed by atoms with Crippen LogP contribution >= 0.6 is 0 Å². The average Bonchev–Trinajstić information content (AvgIpc) is 3.39. The van der Waals surface area contributed by atoms with E-state index in [2.05, 4.69) is 40.6 Å². The number of carboxylic acids is 2. The number of carbonyl (C=O) groups is 4. The molecule has 2 unspecified atom stereocenters. The Labute approximate surface area is 212 Å². The largest absolute Gasteiger partial charge is 0.478 e. The Balaban J connectivity index is 0.000000600. The first-order valence-electron chi connectivity index (χ1n) is 11.1. The van der Waals surface area contributed by atoms with Crippen molar-refractivity contribution in [2.24, 2.45) is 11.7 Å². The Hall–Kier alpha value is -4.32. The Morgan fingerprint density at radius 2 is 1.68 bits per heavy atom. The van der Waals surface area contributed by atoms with Gasteiger partial charge in [0.05, 0.1) is 5.92 Å². The highest BCUT2D eigenvalue weighted by atomic mass is 16.4. The summed E-state index contributed by atoms with van der Waals surface area (Å²) in [7, 11) is 0. The second-order valence-electron chi connectivity index (χ2n) is 8.19. The number of fused-ring (bicyclic) bond motifs is 1. The monoisotopic (exact) mass is 513 g/mol. The van der Waals surface area contributed by atoms with Gasteiger partial charge in [-0.1, -0.05) is 36.4 Å². The first kappa shape index (κ1) is 30.7. The van der Waals surface area contributed by atoms with E-state index in [0.717, 1.165) is 28.5 Å². The average molecular weight is 514 g/mol. The molecule has 1 aliphatic rings. The van der Waals surface area contributed by atoms with Crippen molar-refractivity contribution in [3.8, 4) is 0 Å². The maximum atomic E-state index is 12.4. The number of rotatable bonds is 8. The topological polar surface area (TPSA) is 226 Å². The van der Waals surface area contributed by atoms with E-state index in [1.165, 1.54) is 5.56 Å². The van der Waals surface area contributed by atoms with Gasteiger partial charge in [0.1, 0.15) is 0 Å². The SMILES string of the molecule is NCCc1c[nH]c2ccc(C(Cc3ccccc3)C3CC(=O)NC3=O)cc12.O.O.O=C(O)C=CC(=O)O. The van der Waals surface area contributed by atoms with Crippen LogP contribution in [0.15, 0.2) is 66.9 Å². The fourth-order valence-corrected chi connectivity index (χ4v) is 4.19. The van der Waals surface area contributed by atoms with Crippen molar-refractivity contribution in [2.45, 2.75) is 25.2 Å². The minimum atomic E-state index is -1.26. The molecule has 11 nitrogen and oxygen atoms in total. The summed E-state index contributed by atoms with van der Waals surface area (Å²) in [6.45, 7) is 0.587. The first-order valence-corrected chi connectivity index (χ1v) is 11.1. The summed E-state index contributed by atoms with van der Waals surface area (Å²) >= 11 is 0. The Kier molecular flexibility index (Phi) is 11.9. The molecule has 1 saturated heterocycles. The van der Waals surface area contributed by atoms with Crippen LogP contribution < -0.4 is 11.1 Å². The molecule has 0 spiro atoms. The molecule has 3 aromatic rings. The van der Waals surface area contributed by atoms with Gasteiger partial charge in [0, 0.05) is 41.6 Å². The highest BCUT2D eigenvalue weighted by Gasteiger charge is 2.37. The summed E-state index contributed by atoms with van der Waals surface area (Å²) in [5, 5.41) is 19.2. The molecule has 2 heterocycles. The second kappa shape index (κ2) is 14.3. The normalized spacial score (nSPS) is 15.2. The summed E-state index contributed by atoms with van der Waals surface area (Å²) in [6.07, 6.45) is 4.88. The van der Waals surface area contributed by atoms with Crippen molar-refractivity contribution in [1.82, 2.24) is 10.3 Å². The van der Waals surface area contributed by atoms with Crippen molar-refractivity contribution < 1.29 is 40.3 Å². The number of aromatic amines is 1. The van der Waals surface area contributed by atoms with Gasteiger partial charge in [0.2, 0.25) is 11.8 Å². The van der Waals surface area contributed by atoms with Crippen LogP contribution in [0, 0.1) is 5.92 Å². The molecule has 4 rings (SSSR count). The number of benzene rings is 2. The molecular formula is C26H31N3O8. The van der Waals surface area contributed by atoms with E-state index in [4.69, 9.17) is 15.9 Å². The molecule has 1 aliphatic heterocycles. The van der Waals surface area contributed by atoms with Crippen molar-refractivity contribution in [1.29, 1.82) is 0 Å². The van der Waals surface area contributed by atoms with Gasteiger partial charge in [0.25, 0.3) is 0 Å².